The number of rotatable bonds is 5. The zero-order chi connectivity index (χ0) is 13.7. The lowest BCUT2D eigenvalue weighted by atomic mass is 10.1. The highest BCUT2D eigenvalue weighted by atomic mass is 35.5. The van der Waals surface area contributed by atoms with Crippen molar-refractivity contribution in [2.24, 2.45) is 0 Å². The molecule has 19 heavy (non-hydrogen) atoms. The van der Waals surface area contributed by atoms with Crippen molar-refractivity contribution in [1.29, 1.82) is 0 Å². The second kappa shape index (κ2) is 6.85. The molecule has 0 N–H and O–H groups in total. The molecule has 0 saturated carbocycles. The van der Waals surface area contributed by atoms with Crippen LogP contribution < -0.4 is 0 Å². The molecule has 0 aliphatic carbocycles. The van der Waals surface area contributed by atoms with E-state index >= 15 is 0 Å². The van der Waals surface area contributed by atoms with Crippen LogP contribution in [-0.4, -0.2) is 23.7 Å². The Bertz CT molecular complexity index is 523. The second-order valence-electron chi connectivity index (χ2n) is 4.06. The van der Waals surface area contributed by atoms with Crippen LogP contribution in [0.4, 0.5) is 0 Å². The first-order valence-electron chi connectivity index (χ1n) is 5.98. The van der Waals surface area contributed by atoms with Crippen LogP contribution in [0.1, 0.15) is 12.2 Å². The summed E-state index contributed by atoms with van der Waals surface area (Å²) in [6.45, 7) is 0.666. The molecular weight excluding hydrogens is 283 g/mol. The lowest BCUT2D eigenvalue weighted by molar-refractivity contribution is 0.194. The molecule has 100 valence electrons. The average molecular weight is 297 g/mol. The van der Waals surface area contributed by atoms with Crippen LogP contribution in [-0.2, 0) is 11.2 Å². The molecule has 0 bridgehead atoms. The van der Waals surface area contributed by atoms with Crippen LogP contribution in [0.2, 0.25) is 10.3 Å². The molecule has 2 aromatic rings. The van der Waals surface area contributed by atoms with Crippen LogP contribution in [0.3, 0.4) is 0 Å². The van der Waals surface area contributed by atoms with E-state index in [4.69, 9.17) is 27.9 Å². The van der Waals surface area contributed by atoms with Gasteiger partial charge in [0.05, 0.1) is 5.56 Å². The van der Waals surface area contributed by atoms with Gasteiger partial charge in [-0.15, -0.1) is 0 Å². The molecule has 0 radical (unpaired) electrons. The number of nitrogens with zero attached hydrogens (tertiary/aromatic N) is 2. The molecule has 5 heteroatoms. The van der Waals surface area contributed by atoms with Crippen molar-refractivity contribution in [1.82, 2.24) is 9.97 Å². The van der Waals surface area contributed by atoms with Crippen molar-refractivity contribution < 1.29 is 4.74 Å². The third-order valence-corrected chi connectivity index (χ3v) is 3.23. The molecule has 0 saturated heterocycles. The largest absolute Gasteiger partial charge is 0.385 e. The lowest BCUT2D eigenvalue weighted by Gasteiger charge is -2.08. The first-order valence-corrected chi connectivity index (χ1v) is 6.74. The smallest absolute Gasteiger partial charge is 0.142 e. The minimum absolute atomic E-state index is 0.388. The van der Waals surface area contributed by atoms with E-state index in [-0.39, 0.29) is 0 Å². The van der Waals surface area contributed by atoms with Gasteiger partial charge >= 0.3 is 0 Å². The van der Waals surface area contributed by atoms with E-state index in [1.165, 1.54) is 0 Å². The molecule has 0 amide bonds. The average Bonchev–Trinajstić information content (AvgIpc) is 2.39. The Hall–Kier alpha value is -1.16. The van der Waals surface area contributed by atoms with E-state index in [9.17, 15) is 0 Å². The maximum atomic E-state index is 6.22. The fraction of sp³-hybridized carbons (Fsp3) is 0.286. The summed E-state index contributed by atoms with van der Waals surface area (Å²) in [5.74, 6) is 0.645. The van der Waals surface area contributed by atoms with Crippen molar-refractivity contribution in [3.63, 3.8) is 0 Å². The Morgan fingerprint density at radius 2 is 1.68 bits per heavy atom. The molecule has 0 spiro atoms. The van der Waals surface area contributed by atoms with Crippen LogP contribution >= 0.6 is 23.2 Å². The monoisotopic (exact) mass is 296 g/mol. The van der Waals surface area contributed by atoms with Gasteiger partial charge in [0.1, 0.15) is 16.1 Å². The normalized spacial score (nSPS) is 10.7. The number of hydrogen-bond acceptors (Lipinski definition) is 3. The number of hydrogen-bond donors (Lipinski definition) is 0. The predicted molar refractivity (Wildman–Crippen MR) is 77.7 cm³/mol. The highest BCUT2D eigenvalue weighted by Gasteiger charge is 2.13. The molecule has 0 aliphatic rings. The van der Waals surface area contributed by atoms with Gasteiger partial charge in [0, 0.05) is 20.1 Å². The third kappa shape index (κ3) is 3.66. The van der Waals surface area contributed by atoms with Crippen molar-refractivity contribution in [3.8, 4) is 11.1 Å². The number of halogens is 2. The highest BCUT2D eigenvalue weighted by Crippen LogP contribution is 2.32. The molecular formula is C14H14Cl2N2O. The van der Waals surface area contributed by atoms with Gasteiger partial charge in [-0.3, -0.25) is 0 Å². The molecule has 2 rings (SSSR count). The van der Waals surface area contributed by atoms with Crippen LogP contribution in [0.5, 0.6) is 0 Å². The van der Waals surface area contributed by atoms with Gasteiger partial charge in [0.2, 0.25) is 0 Å². The van der Waals surface area contributed by atoms with E-state index in [1.54, 1.807) is 7.11 Å². The lowest BCUT2D eigenvalue weighted by Crippen LogP contribution is -2.01. The number of aryl methyl sites for hydroxylation is 1. The minimum Gasteiger partial charge on any atom is -0.385 e. The standard InChI is InChI=1S/C14H14Cl2N2O/c1-19-9-5-8-11-17-13(15)12(14(16)18-11)10-6-3-2-4-7-10/h2-4,6-7H,5,8-9H2,1H3. The maximum absolute atomic E-state index is 6.22. The SMILES string of the molecule is COCCCc1nc(Cl)c(-c2ccccc2)c(Cl)n1. The van der Waals surface area contributed by atoms with Gasteiger partial charge in [-0.25, -0.2) is 9.97 Å². The summed E-state index contributed by atoms with van der Waals surface area (Å²) in [6, 6.07) is 9.65. The van der Waals surface area contributed by atoms with Crippen LogP contribution in [0.15, 0.2) is 30.3 Å². The summed E-state index contributed by atoms with van der Waals surface area (Å²) < 4.78 is 5.00. The third-order valence-electron chi connectivity index (χ3n) is 2.68. The van der Waals surface area contributed by atoms with Crippen LogP contribution in [0.25, 0.3) is 11.1 Å². The molecule has 0 aliphatic heterocycles. The van der Waals surface area contributed by atoms with Gasteiger partial charge in [-0.1, -0.05) is 53.5 Å². The fourth-order valence-electron chi connectivity index (χ4n) is 1.78. The van der Waals surface area contributed by atoms with Crippen molar-refractivity contribution in [2.45, 2.75) is 12.8 Å². The van der Waals surface area contributed by atoms with Crippen molar-refractivity contribution in [2.75, 3.05) is 13.7 Å². The number of aromatic nitrogens is 2. The second-order valence-corrected chi connectivity index (χ2v) is 4.77. The molecule has 0 fully saturated rings. The molecule has 1 aromatic heterocycles. The molecule has 0 atom stereocenters. The summed E-state index contributed by atoms with van der Waals surface area (Å²) in [4.78, 5) is 8.59. The molecule has 3 nitrogen and oxygen atoms in total. The highest BCUT2D eigenvalue weighted by molar-refractivity contribution is 6.37. The first-order chi connectivity index (χ1) is 9.22. The van der Waals surface area contributed by atoms with Crippen molar-refractivity contribution >= 4 is 23.2 Å². The summed E-state index contributed by atoms with van der Waals surface area (Å²) in [6.07, 6.45) is 1.54. The summed E-state index contributed by atoms with van der Waals surface area (Å²) in [7, 11) is 1.67. The Labute approximate surface area is 122 Å². The molecule has 0 unspecified atom stereocenters. The molecule has 1 aromatic carbocycles. The topological polar surface area (TPSA) is 35.0 Å². The molecule has 1 heterocycles. The van der Waals surface area contributed by atoms with E-state index < -0.39 is 0 Å². The van der Waals surface area contributed by atoms with Gasteiger partial charge in [0.25, 0.3) is 0 Å². The quantitative estimate of drug-likeness (QED) is 0.617. The Morgan fingerprint density at radius 3 is 2.26 bits per heavy atom. The Kier molecular flexibility index (Phi) is 5.14. The number of ether oxygens (including phenoxy) is 1. The van der Waals surface area contributed by atoms with E-state index in [0.717, 1.165) is 12.0 Å². The van der Waals surface area contributed by atoms with Crippen LogP contribution in [0, 0.1) is 0 Å². The van der Waals surface area contributed by atoms with E-state index in [1.807, 2.05) is 30.3 Å². The minimum atomic E-state index is 0.388. The number of benzene rings is 1. The number of methoxy groups -OCH3 is 1. The van der Waals surface area contributed by atoms with Gasteiger partial charge < -0.3 is 4.74 Å². The van der Waals surface area contributed by atoms with Gasteiger partial charge in [-0.05, 0) is 12.0 Å². The fourth-order valence-corrected chi connectivity index (χ4v) is 2.42. The summed E-state index contributed by atoms with van der Waals surface area (Å²) >= 11 is 12.4. The Balaban J connectivity index is 2.28. The maximum Gasteiger partial charge on any atom is 0.142 e. The van der Waals surface area contributed by atoms with E-state index in [2.05, 4.69) is 9.97 Å². The zero-order valence-electron chi connectivity index (χ0n) is 10.6. The van der Waals surface area contributed by atoms with E-state index in [0.29, 0.717) is 34.7 Å². The first kappa shape index (κ1) is 14.3. The Morgan fingerprint density at radius 1 is 1.05 bits per heavy atom. The van der Waals surface area contributed by atoms with Gasteiger partial charge in [-0.2, -0.15) is 0 Å². The summed E-state index contributed by atoms with van der Waals surface area (Å²) in [5.41, 5.74) is 1.60. The summed E-state index contributed by atoms with van der Waals surface area (Å²) in [5, 5.41) is 0.775. The van der Waals surface area contributed by atoms with Crippen molar-refractivity contribution in [3.05, 3.63) is 46.5 Å². The predicted octanol–water partition coefficient (Wildman–Crippen LogP) is 4.03. The zero-order valence-corrected chi connectivity index (χ0v) is 12.1. The van der Waals surface area contributed by atoms with Gasteiger partial charge in [0.15, 0.2) is 0 Å².